The van der Waals surface area contributed by atoms with Gasteiger partial charge in [-0.05, 0) is 29.1 Å². The van der Waals surface area contributed by atoms with Crippen molar-refractivity contribution in [2.75, 3.05) is 10.3 Å². The number of rotatable bonds is 8. The Kier molecular flexibility index (Phi) is 6.71. The largest absolute Gasteiger partial charge is 0.297 e. The molecule has 2 heterocycles. The Hall–Kier alpha value is -3.49. The molecule has 4 rings (SSSR count). The fraction of sp³-hybridized carbons (Fsp3) is 0.0870. The Morgan fingerprint density at radius 3 is 2.35 bits per heavy atom. The molecule has 156 valence electrons. The van der Waals surface area contributed by atoms with E-state index in [1.165, 1.54) is 22.7 Å². The van der Waals surface area contributed by atoms with Crippen molar-refractivity contribution >= 4 is 45.3 Å². The van der Waals surface area contributed by atoms with Gasteiger partial charge >= 0.3 is 0 Å². The van der Waals surface area contributed by atoms with Gasteiger partial charge in [0.2, 0.25) is 5.91 Å². The molecule has 2 aromatic heterocycles. The molecule has 0 aliphatic carbocycles. The third kappa shape index (κ3) is 5.78. The van der Waals surface area contributed by atoms with E-state index in [0.29, 0.717) is 22.2 Å². The van der Waals surface area contributed by atoms with Gasteiger partial charge in [0.25, 0.3) is 5.91 Å². The van der Waals surface area contributed by atoms with E-state index >= 15 is 0 Å². The van der Waals surface area contributed by atoms with Gasteiger partial charge in [0.15, 0.2) is 5.13 Å². The van der Waals surface area contributed by atoms with Crippen molar-refractivity contribution < 1.29 is 9.59 Å². The van der Waals surface area contributed by atoms with Crippen LogP contribution >= 0.6 is 22.7 Å². The number of para-hydroxylation sites is 1. The summed E-state index contributed by atoms with van der Waals surface area (Å²) in [5.74, 6) is -0.375. The second-order valence-electron chi connectivity index (χ2n) is 6.69. The SMILES string of the molecule is O=C(Cc1csc(NC(=O)c2cccs2)n1)NN(Cc1ccccc1)c1ccccc1. The van der Waals surface area contributed by atoms with Gasteiger partial charge in [-0.3, -0.25) is 25.3 Å². The lowest BCUT2D eigenvalue weighted by molar-refractivity contribution is -0.120. The monoisotopic (exact) mass is 448 g/mol. The Labute approximate surface area is 188 Å². The average Bonchev–Trinajstić information content (AvgIpc) is 3.47. The summed E-state index contributed by atoms with van der Waals surface area (Å²) in [5.41, 5.74) is 5.56. The van der Waals surface area contributed by atoms with Crippen molar-refractivity contribution in [1.82, 2.24) is 10.4 Å². The highest BCUT2D eigenvalue weighted by Crippen LogP contribution is 2.19. The smallest absolute Gasteiger partial charge is 0.267 e. The van der Waals surface area contributed by atoms with Crippen molar-refractivity contribution in [2.45, 2.75) is 13.0 Å². The highest BCUT2D eigenvalue weighted by atomic mass is 32.1. The molecule has 0 aliphatic heterocycles. The van der Waals surface area contributed by atoms with Gasteiger partial charge < -0.3 is 0 Å². The molecular formula is C23H20N4O2S2. The number of nitrogens with one attached hydrogen (secondary N) is 2. The van der Waals surface area contributed by atoms with E-state index in [2.05, 4.69) is 15.7 Å². The lowest BCUT2D eigenvalue weighted by Gasteiger charge is -2.25. The minimum absolute atomic E-state index is 0.115. The van der Waals surface area contributed by atoms with E-state index in [0.717, 1.165) is 11.3 Å². The third-order valence-corrected chi connectivity index (χ3v) is 6.05. The Bertz CT molecular complexity index is 1130. The summed E-state index contributed by atoms with van der Waals surface area (Å²) in [6, 6.07) is 23.2. The van der Waals surface area contributed by atoms with Gasteiger partial charge in [0.1, 0.15) is 0 Å². The van der Waals surface area contributed by atoms with Crippen LogP contribution in [0.1, 0.15) is 20.9 Å². The summed E-state index contributed by atoms with van der Waals surface area (Å²) in [5, 5.41) is 8.71. The number of aromatic nitrogens is 1. The maximum atomic E-state index is 12.7. The van der Waals surface area contributed by atoms with Gasteiger partial charge in [-0.2, -0.15) is 0 Å². The van der Waals surface area contributed by atoms with E-state index in [1.54, 1.807) is 11.4 Å². The topological polar surface area (TPSA) is 74.3 Å². The first kappa shape index (κ1) is 20.8. The molecule has 0 saturated carbocycles. The van der Waals surface area contributed by atoms with Crippen LogP contribution in [0.4, 0.5) is 10.8 Å². The number of hydrazine groups is 1. The van der Waals surface area contributed by atoms with E-state index < -0.39 is 0 Å². The predicted octanol–water partition coefficient (Wildman–Crippen LogP) is 4.74. The Morgan fingerprint density at radius 1 is 0.903 bits per heavy atom. The zero-order chi connectivity index (χ0) is 21.5. The molecule has 0 bridgehead atoms. The van der Waals surface area contributed by atoms with Crippen LogP contribution < -0.4 is 15.8 Å². The number of benzene rings is 2. The van der Waals surface area contributed by atoms with Crippen molar-refractivity contribution in [3.05, 3.63) is 99.7 Å². The summed E-state index contributed by atoms with van der Waals surface area (Å²) in [6.07, 6.45) is 0.115. The highest BCUT2D eigenvalue weighted by molar-refractivity contribution is 7.14. The quantitative estimate of drug-likeness (QED) is 0.382. The zero-order valence-electron chi connectivity index (χ0n) is 16.5. The Balaban J connectivity index is 1.40. The lowest BCUT2D eigenvalue weighted by atomic mass is 10.2. The molecule has 8 heteroatoms. The number of hydrogen-bond donors (Lipinski definition) is 2. The molecular weight excluding hydrogens is 428 g/mol. The lowest BCUT2D eigenvalue weighted by Crippen LogP contribution is -2.42. The molecule has 2 aromatic carbocycles. The molecule has 0 fully saturated rings. The minimum atomic E-state index is -0.196. The molecule has 0 radical (unpaired) electrons. The molecule has 4 aromatic rings. The van der Waals surface area contributed by atoms with Crippen LogP contribution in [0.15, 0.2) is 83.6 Å². The van der Waals surface area contributed by atoms with E-state index in [1.807, 2.05) is 77.1 Å². The van der Waals surface area contributed by atoms with Crippen molar-refractivity contribution in [2.24, 2.45) is 0 Å². The normalized spacial score (nSPS) is 10.5. The molecule has 2 amide bonds. The first-order valence-electron chi connectivity index (χ1n) is 9.62. The molecule has 6 nitrogen and oxygen atoms in total. The standard InChI is InChI=1S/C23H20N4O2S2/c28-21(14-18-16-31-23(24-18)25-22(29)20-12-7-13-30-20)26-27(19-10-5-2-6-11-19)15-17-8-3-1-4-9-17/h1-13,16H,14-15H2,(H,26,28)(H,24,25,29). The molecule has 0 saturated heterocycles. The van der Waals surface area contributed by atoms with E-state index in [-0.39, 0.29) is 18.2 Å². The summed E-state index contributed by atoms with van der Waals surface area (Å²) < 4.78 is 0. The maximum absolute atomic E-state index is 12.7. The van der Waals surface area contributed by atoms with Gasteiger partial charge in [0.05, 0.1) is 29.2 Å². The number of anilines is 2. The minimum Gasteiger partial charge on any atom is -0.297 e. The molecule has 31 heavy (non-hydrogen) atoms. The molecule has 0 spiro atoms. The van der Waals surface area contributed by atoms with Crippen molar-refractivity contribution in [1.29, 1.82) is 0 Å². The van der Waals surface area contributed by atoms with Crippen LogP contribution in [-0.4, -0.2) is 16.8 Å². The second kappa shape index (κ2) is 10.0. The number of carbonyl (C=O) groups excluding carboxylic acids is 2. The van der Waals surface area contributed by atoms with Crippen LogP contribution in [0.25, 0.3) is 0 Å². The number of carbonyl (C=O) groups is 2. The van der Waals surface area contributed by atoms with E-state index in [9.17, 15) is 9.59 Å². The van der Waals surface area contributed by atoms with Crippen molar-refractivity contribution in [3.8, 4) is 0 Å². The average molecular weight is 449 g/mol. The first-order valence-corrected chi connectivity index (χ1v) is 11.4. The number of nitrogens with zero attached hydrogens (tertiary/aromatic N) is 2. The van der Waals surface area contributed by atoms with Gasteiger partial charge in [-0.25, -0.2) is 4.98 Å². The fourth-order valence-electron chi connectivity index (χ4n) is 2.94. The number of thiazole rings is 1. The van der Waals surface area contributed by atoms with Gasteiger partial charge in [0, 0.05) is 5.38 Å². The summed E-state index contributed by atoms with van der Waals surface area (Å²) in [7, 11) is 0. The molecule has 2 N–H and O–H groups in total. The number of amides is 2. The summed E-state index contributed by atoms with van der Waals surface area (Å²) in [6.45, 7) is 0.537. The number of hydrogen-bond acceptors (Lipinski definition) is 6. The summed E-state index contributed by atoms with van der Waals surface area (Å²) in [4.78, 5) is 29.9. The molecule has 0 aliphatic rings. The molecule has 0 unspecified atom stereocenters. The van der Waals surface area contributed by atoms with Gasteiger partial charge in [-0.15, -0.1) is 22.7 Å². The van der Waals surface area contributed by atoms with Crippen molar-refractivity contribution in [3.63, 3.8) is 0 Å². The van der Waals surface area contributed by atoms with Crippen LogP contribution in [0, 0.1) is 0 Å². The maximum Gasteiger partial charge on any atom is 0.267 e. The van der Waals surface area contributed by atoms with Crippen LogP contribution in [-0.2, 0) is 17.8 Å². The molecule has 0 atom stereocenters. The third-order valence-electron chi connectivity index (χ3n) is 4.37. The first-order chi connectivity index (χ1) is 15.2. The number of thiophene rings is 1. The predicted molar refractivity (Wildman–Crippen MR) is 125 cm³/mol. The Morgan fingerprint density at radius 2 is 1.65 bits per heavy atom. The highest BCUT2D eigenvalue weighted by Gasteiger charge is 2.15. The fourth-order valence-corrected chi connectivity index (χ4v) is 4.26. The van der Waals surface area contributed by atoms with E-state index in [4.69, 9.17) is 0 Å². The van der Waals surface area contributed by atoms with Gasteiger partial charge in [-0.1, -0.05) is 54.6 Å². The second-order valence-corrected chi connectivity index (χ2v) is 8.50. The van der Waals surface area contributed by atoms with Crippen LogP contribution in [0.2, 0.25) is 0 Å². The summed E-state index contributed by atoms with van der Waals surface area (Å²) >= 11 is 2.67. The zero-order valence-corrected chi connectivity index (χ0v) is 18.2. The van der Waals surface area contributed by atoms with Crippen LogP contribution in [0.5, 0.6) is 0 Å². The van der Waals surface area contributed by atoms with Crippen LogP contribution in [0.3, 0.4) is 0 Å².